The van der Waals surface area contributed by atoms with E-state index in [4.69, 9.17) is 16.6 Å². The first-order valence-electron chi connectivity index (χ1n) is 14.2. The molecule has 5 rings (SSSR count). The lowest BCUT2D eigenvalue weighted by Gasteiger charge is -2.38. The highest BCUT2D eigenvalue weighted by atomic mass is 79.9. The molecule has 3 amide bonds. The van der Waals surface area contributed by atoms with Crippen LogP contribution in [0.1, 0.15) is 73.8 Å². The molecule has 38 heavy (non-hydrogen) atoms. The van der Waals surface area contributed by atoms with Gasteiger partial charge in [-0.15, -0.1) is 0 Å². The number of fused-ring (bicyclic) bond motifs is 2. The number of carbonyl (C=O) groups is 2. The Labute approximate surface area is 239 Å². The van der Waals surface area contributed by atoms with Crippen molar-refractivity contribution in [2.45, 2.75) is 64.2 Å². The van der Waals surface area contributed by atoms with Crippen molar-refractivity contribution in [3.8, 4) is 0 Å². The quantitative estimate of drug-likeness (QED) is 0.445. The smallest absolute Gasteiger partial charge is 0.317 e. The predicted molar refractivity (Wildman–Crippen MR) is 155 cm³/mol. The number of nitrogens with zero attached hydrogens (tertiary/aromatic N) is 3. The van der Waals surface area contributed by atoms with Crippen molar-refractivity contribution in [2.24, 2.45) is 11.8 Å². The number of hydrogen-bond acceptors (Lipinski definition) is 3. The van der Waals surface area contributed by atoms with Crippen LogP contribution < -0.4 is 5.32 Å². The van der Waals surface area contributed by atoms with E-state index in [-0.39, 0.29) is 17.9 Å². The molecule has 8 heteroatoms. The summed E-state index contributed by atoms with van der Waals surface area (Å²) in [6, 6.07) is 8.59. The number of aromatic nitrogens is 1. The second-order valence-electron chi connectivity index (χ2n) is 11.1. The van der Waals surface area contributed by atoms with Crippen LogP contribution in [0.2, 0.25) is 5.02 Å². The molecule has 6 nitrogen and oxygen atoms in total. The average Bonchev–Trinajstić information content (AvgIpc) is 3.08. The minimum atomic E-state index is 0.0319. The molecule has 204 valence electrons. The first-order chi connectivity index (χ1) is 18.4. The Kier molecular flexibility index (Phi) is 8.94. The van der Waals surface area contributed by atoms with E-state index in [2.05, 4.69) is 51.3 Å². The van der Waals surface area contributed by atoms with E-state index in [1.54, 1.807) is 0 Å². The van der Waals surface area contributed by atoms with E-state index in [0.717, 1.165) is 80.6 Å². The summed E-state index contributed by atoms with van der Waals surface area (Å²) in [5, 5.41) is 3.75. The third-order valence-corrected chi connectivity index (χ3v) is 9.29. The minimum Gasteiger partial charge on any atom is -0.343 e. The lowest BCUT2D eigenvalue weighted by atomic mass is 9.76. The van der Waals surface area contributed by atoms with Gasteiger partial charge in [0, 0.05) is 60.8 Å². The molecule has 0 bridgehead atoms. The van der Waals surface area contributed by atoms with Crippen LogP contribution >= 0.6 is 27.5 Å². The van der Waals surface area contributed by atoms with Gasteiger partial charge in [0.15, 0.2) is 0 Å². The Hall–Kier alpha value is -2.12. The number of rotatable bonds is 5. The van der Waals surface area contributed by atoms with E-state index < -0.39 is 0 Å². The molecule has 1 aromatic carbocycles. The molecule has 0 radical (unpaired) electrons. The summed E-state index contributed by atoms with van der Waals surface area (Å²) in [5.41, 5.74) is 5.17. The number of aryl methyl sites for hydroxylation is 2. The van der Waals surface area contributed by atoms with Crippen LogP contribution in [0.4, 0.5) is 4.79 Å². The van der Waals surface area contributed by atoms with Crippen molar-refractivity contribution in [2.75, 3.05) is 32.7 Å². The van der Waals surface area contributed by atoms with Crippen molar-refractivity contribution in [3.63, 3.8) is 0 Å². The maximum atomic E-state index is 13.2. The predicted octanol–water partition coefficient (Wildman–Crippen LogP) is 6.19. The normalized spacial score (nSPS) is 20.4. The van der Waals surface area contributed by atoms with Crippen LogP contribution in [-0.4, -0.2) is 59.4 Å². The van der Waals surface area contributed by atoms with Gasteiger partial charge in [-0.25, -0.2) is 4.79 Å². The molecule has 0 spiro atoms. The first kappa shape index (κ1) is 27.4. The van der Waals surface area contributed by atoms with E-state index in [1.807, 2.05) is 17.2 Å². The summed E-state index contributed by atoms with van der Waals surface area (Å²) in [6.07, 6.45) is 9.15. The van der Waals surface area contributed by atoms with E-state index in [0.29, 0.717) is 24.8 Å². The lowest BCUT2D eigenvalue weighted by molar-refractivity contribution is -0.134. The maximum Gasteiger partial charge on any atom is 0.317 e. The zero-order chi connectivity index (χ0) is 26.6. The number of pyridine rings is 1. The number of benzene rings is 1. The van der Waals surface area contributed by atoms with E-state index in [9.17, 15) is 9.59 Å². The zero-order valence-corrected chi connectivity index (χ0v) is 24.6. The zero-order valence-electron chi connectivity index (χ0n) is 22.2. The van der Waals surface area contributed by atoms with Gasteiger partial charge < -0.3 is 15.1 Å². The fourth-order valence-electron chi connectivity index (χ4n) is 6.50. The van der Waals surface area contributed by atoms with Crippen LogP contribution in [0.25, 0.3) is 0 Å². The number of likely N-dealkylation sites (tertiary alicyclic amines) is 2. The summed E-state index contributed by atoms with van der Waals surface area (Å²) < 4.78 is 1.02. The summed E-state index contributed by atoms with van der Waals surface area (Å²) in [7, 11) is 0. The number of amides is 3. The van der Waals surface area contributed by atoms with Gasteiger partial charge in [0.2, 0.25) is 5.91 Å². The van der Waals surface area contributed by atoms with Crippen LogP contribution in [0.3, 0.4) is 0 Å². The molecule has 0 unspecified atom stereocenters. The third kappa shape index (κ3) is 6.20. The van der Waals surface area contributed by atoms with Crippen LogP contribution in [0.15, 0.2) is 34.9 Å². The van der Waals surface area contributed by atoms with E-state index >= 15 is 0 Å². The molecule has 2 aliphatic heterocycles. The third-order valence-electron chi connectivity index (χ3n) is 8.62. The van der Waals surface area contributed by atoms with Crippen molar-refractivity contribution >= 4 is 39.5 Å². The van der Waals surface area contributed by atoms with Gasteiger partial charge in [0.05, 0.1) is 5.69 Å². The van der Waals surface area contributed by atoms with Crippen molar-refractivity contribution in [1.82, 2.24) is 20.1 Å². The molecule has 1 aromatic heterocycles. The molecule has 3 heterocycles. The fraction of sp³-hybridized carbons (Fsp3) is 0.567. The van der Waals surface area contributed by atoms with Gasteiger partial charge in [0.25, 0.3) is 0 Å². The van der Waals surface area contributed by atoms with E-state index in [1.165, 1.54) is 22.4 Å². The molecular weight excluding hydrogens is 564 g/mol. The van der Waals surface area contributed by atoms with Crippen LogP contribution in [0, 0.1) is 11.8 Å². The lowest BCUT2D eigenvalue weighted by Crippen LogP contribution is -2.46. The first-order valence-corrected chi connectivity index (χ1v) is 15.3. The highest BCUT2D eigenvalue weighted by molar-refractivity contribution is 9.10. The Morgan fingerprint density at radius 1 is 1.03 bits per heavy atom. The molecule has 2 fully saturated rings. The molecule has 1 atom stereocenters. The fourth-order valence-corrected chi connectivity index (χ4v) is 7.08. The van der Waals surface area contributed by atoms with Crippen molar-refractivity contribution < 1.29 is 9.59 Å². The molecule has 1 N–H and O–H groups in total. The van der Waals surface area contributed by atoms with Gasteiger partial charge >= 0.3 is 6.03 Å². The van der Waals surface area contributed by atoms with Gasteiger partial charge in [-0.1, -0.05) is 24.6 Å². The van der Waals surface area contributed by atoms with Crippen molar-refractivity contribution in [1.29, 1.82) is 0 Å². The Morgan fingerprint density at radius 3 is 2.47 bits per heavy atom. The molecule has 1 aliphatic carbocycles. The van der Waals surface area contributed by atoms with Gasteiger partial charge in [-0.05, 0) is 108 Å². The number of halogens is 2. The summed E-state index contributed by atoms with van der Waals surface area (Å²) >= 11 is 10.0. The topological polar surface area (TPSA) is 65.5 Å². The summed E-state index contributed by atoms with van der Waals surface area (Å²) in [4.78, 5) is 34.4. The van der Waals surface area contributed by atoms with Crippen LogP contribution in [-0.2, 0) is 17.6 Å². The minimum absolute atomic E-state index is 0.0319. The Balaban J connectivity index is 1.21. The Bertz CT molecular complexity index is 1110. The number of piperidine rings is 2. The number of hydrogen-bond donors (Lipinski definition) is 1. The second kappa shape index (κ2) is 12.4. The molecular formula is C30H38BrClN4O2. The average molecular weight is 602 g/mol. The molecule has 2 saturated heterocycles. The largest absolute Gasteiger partial charge is 0.343 e. The number of carbonyl (C=O) groups excluding carboxylic acids is 2. The molecule has 3 aliphatic rings. The monoisotopic (exact) mass is 600 g/mol. The number of urea groups is 1. The highest BCUT2D eigenvalue weighted by Crippen LogP contribution is 2.43. The molecule has 2 aromatic rings. The highest BCUT2D eigenvalue weighted by Gasteiger charge is 2.35. The van der Waals surface area contributed by atoms with Crippen molar-refractivity contribution in [3.05, 3.63) is 62.3 Å². The molecule has 0 saturated carbocycles. The van der Waals surface area contributed by atoms with Gasteiger partial charge in [0.1, 0.15) is 0 Å². The SMILES string of the molecule is CCCNC(=O)N1CCC(CC(=O)N2CCC([C@@H]3c4ccc(Cl)cc4CCc4cc(Br)cnc43)CC2)CC1. The summed E-state index contributed by atoms with van der Waals surface area (Å²) in [5.74, 6) is 1.30. The number of nitrogens with one attached hydrogen (secondary N) is 1. The maximum absolute atomic E-state index is 13.2. The van der Waals surface area contributed by atoms with Crippen LogP contribution in [0.5, 0.6) is 0 Å². The van der Waals surface area contributed by atoms with Gasteiger partial charge in [-0.2, -0.15) is 0 Å². The second-order valence-corrected chi connectivity index (χ2v) is 12.5. The summed E-state index contributed by atoms with van der Waals surface area (Å²) in [6.45, 7) is 5.85. The Morgan fingerprint density at radius 2 is 1.74 bits per heavy atom. The standard InChI is InChI=1S/C30H38BrClN4O2/c1-2-11-33-30(38)36-12-7-20(8-13-36)16-27(37)35-14-9-21(10-15-35)28-26-6-5-25(32)18-22(26)3-4-23-17-24(31)19-34-29(23)28/h5-6,17-21,28H,2-4,7-16H2,1H3,(H,33,38)/t28-/m1/s1. The van der Waals surface area contributed by atoms with Gasteiger partial charge in [-0.3, -0.25) is 9.78 Å².